The Morgan fingerprint density at radius 3 is 2.68 bits per heavy atom. The Hall–Kier alpha value is -1.34. The number of ether oxygens (including phenoxy) is 1. The molecule has 0 aliphatic carbocycles. The van der Waals surface area contributed by atoms with Gasteiger partial charge >= 0.3 is 12.0 Å². The zero-order chi connectivity index (χ0) is 14.5. The summed E-state index contributed by atoms with van der Waals surface area (Å²) < 4.78 is 5.50. The van der Waals surface area contributed by atoms with E-state index in [0.29, 0.717) is 13.2 Å². The second-order valence-electron chi connectivity index (χ2n) is 5.01. The van der Waals surface area contributed by atoms with E-state index in [1.165, 1.54) is 0 Å². The molecule has 0 saturated carbocycles. The number of aliphatic carboxylic acids is 1. The largest absolute Gasteiger partial charge is 0.479 e. The van der Waals surface area contributed by atoms with Gasteiger partial charge in [-0.15, -0.1) is 0 Å². The molecule has 0 spiro atoms. The Labute approximate surface area is 112 Å². The fraction of sp³-hybridized carbons (Fsp3) is 0.833. The Kier molecular flexibility index (Phi) is 5.56. The first-order valence-electron chi connectivity index (χ1n) is 6.46. The van der Waals surface area contributed by atoms with Gasteiger partial charge in [0.25, 0.3) is 0 Å². The molecule has 110 valence electrons. The van der Waals surface area contributed by atoms with Crippen LogP contribution in [0.5, 0.6) is 0 Å². The fourth-order valence-electron chi connectivity index (χ4n) is 1.99. The number of aliphatic hydroxyl groups is 1. The number of carbonyl (C=O) groups is 2. The predicted octanol–water partition coefficient (Wildman–Crippen LogP) is -0.0637. The summed E-state index contributed by atoms with van der Waals surface area (Å²) in [6, 6.07) is -0.483. The van der Waals surface area contributed by atoms with Crippen LogP contribution in [0.3, 0.4) is 0 Å². The lowest BCUT2D eigenvalue weighted by atomic mass is 10.00. The van der Waals surface area contributed by atoms with Gasteiger partial charge < -0.3 is 25.6 Å². The fourth-order valence-corrected chi connectivity index (χ4v) is 1.99. The summed E-state index contributed by atoms with van der Waals surface area (Å²) in [6.45, 7) is 4.02. The standard InChI is InChI=1S/C12H22N2O5/c1-3-9-8(4-5-19-9)6-13-11(17)14-7-12(2,18)10(15)16/h8-9,18H,3-7H2,1-2H3,(H,15,16)(H2,13,14,17). The van der Waals surface area contributed by atoms with Gasteiger partial charge in [0.1, 0.15) is 0 Å². The molecule has 2 amide bonds. The molecule has 0 aromatic rings. The summed E-state index contributed by atoms with van der Waals surface area (Å²) in [7, 11) is 0. The van der Waals surface area contributed by atoms with Crippen molar-refractivity contribution >= 4 is 12.0 Å². The third-order valence-electron chi connectivity index (χ3n) is 3.33. The van der Waals surface area contributed by atoms with E-state index in [9.17, 15) is 14.7 Å². The average molecular weight is 274 g/mol. The number of carboxylic acid groups (broad SMARTS) is 1. The van der Waals surface area contributed by atoms with Crippen LogP contribution in [0, 0.1) is 5.92 Å². The van der Waals surface area contributed by atoms with E-state index in [-0.39, 0.29) is 18.6 Å². The zero-order valence-corrected chi connectivity index (χ0v) is 11.3. The van der Waals surface area contributed by atoms with Crippen molar-refractivity contribution in [3.05, 3.63) is 0 Å². The molecule has 1 fully saturated rings. The number of urea groups is 1. The van der Waals surface area contributed by atoms with Crippen molar-refractivity contribution in [3.63, 3.8) is 0 Å². The number of amides is 2. The lowest BCUT2D eigenvalue weighted by Crippen LogP contribution is -2.49. The van der Waals surface area contributed by atoms with Gasteiger partial charge in [-0.3, -0.25) is 0 Å². The molecule has 1 rings (SSSR count). The van der Waals surface area contributed by atoms with Crippen LogP contribution in [0.25, 0.3) is 0 Å². The first kappa shape index (κ1) is 15.7. The van der Waals surface area contributed by atoms with Gasteiger partial charge in [0, 0.05) is 19.1 Å². The van der Waals surface area contributed by atoms with Gasteiger partial charge in [-0.05, 0) is 19.8 Å². The van der Waals surface area contributed by atoms with E-state index >= 15 is 0 Å². The molecule has 3 unspecified atom stereocenters. The van der Waals surface area contributed by atoms with Crippen molar-refractivity contribution in [1.29, 1.82) is 0 Å². The van der Waals surface area contributed by atoms with Crippen molar-refractivity contribution in [1.82, 2.24) is 10.6 Å². The molecule has 0 radical (unpaired) electrons. The molecule has 0 aromatic carbocycles. The lowest BCUT2D eigenvalue weighted by molar-refractivity contribution is -0.155. The maximum atomic E-state index is 11.5. The summed E-state index contributed by atoms with van der Waals surface area (Å²) in [6.07, 6.45) is 1.98. The van der Waals surface area contributed by atoms with E-state index in [2.05, 4.69) is 10.6 Å². The van der Waals surface area contributed by atoms with Crippen LogP contribution in [0.1, 0.15) is 26.7 Å². The predicted molar refractivity (Wildman–Crippen MR) is 67.8 cm³/mol. The summed E-state index contributed by atoms with van der Waals surface area (Å²) in [4.78, 5) is 22.1. The van der Waals surface area contributed by atoms with Gasteiger partial charge in [0.15, 0.2) is 5.60 Å². The van der Waals surface area contributed by atoms with Gasteiger partial charge in [0.05, 0.1) is 12.6 Å². The number of carboxylic acids is 1. The average Bonchev–Trinajstić information content (AvgIpc) is 2.81. The number of carbonyl (C=O) groups excluding carboxylic acids is 1. The van der Waals surface area contributed by atoms with Crippen molar-refractivity contribution in [2.45, 2.75) is 38.4 Å². The topological polar surface area (TPSA) is 108 Å². The molecule has 4 N–H and O–H groups in total. The molecule has 7 nitrogen and oxygen atoms in total. The normalized spacial score (nSPS) is 25.6. The third kappa shape index (κ3) is 4.68. The van der Waals surface area contributed by atoms with Crippen LogP contribution in [0.15, 0.2) is 0 Å². The molecule has 1 aliphatic rings. The van der Waals surface area contributed by atoms with E-state index < -0.39 is 17.6 Å². The van der Waals surface area contributed by atoms with Crippen LogP contribution < -0.4 is 10.6 Å². The van der Waals surface area contributed by atoms with E-state index in [1.54, 1.807) is 0 Å². The van der Waals surface area contributed by atoms with Crippen LogP contribution in [-0.2, 0) is 9.53 Å². The lowest BCUT2D eigenvalue weighted by Gasteiger charge is -2.20. The SMILES string of the molecule is CCC1OCCC1CNC(=O)NCC(C)(O)C(=O)O. The molecule has 0 bridgehead atoms. The van der Waals surface area contributed by atoms with Gasteiger partial charge in [-0.2, -0.15) is 0 Å². The Balaban J connectivity index is 2.27. The molecular formula is C12H22N2O5. The van der Waals surface area contributed by atoms with Gasteiger partial charge in [-0.1, -0.05) is 6.92 Å². The molecule has 0 aromatic heterocycles. The minimum Gasteiger partial charge on any atom is -0.479 e. The molecule has 7 heteroatoms. The van der Waals surface area contributed by atoms with Crippen molar-refractivity contribution < 1.29 is 24.5 Å². The summed E-state index contributed by atoms with van der Waals surface area (Å²) in [5.74, 6) is -1.08. The maximum Gasteiger partial charge on any atom is 0.337 e. The maximum absolute atomic E-state index is 11.5. The van der Waals surface area contributed by atoms with Crippen LogP contribution in [0.4, 0.5) is 4.79 Å². The highest BCUT2D eigenvalue weighted by Gasteiger charge is 2.31. The number of hydrogen-bond donors (Lipinski definition) is 4. The molecule has 1 saturated heterocycles. The highest BCUT2D eigenvalue weighted by atomic mass is 16.5. The number of nitrogens with one attached hydrogen (secondary N) is 2. The van der Waals surface area contributed by atoms with Crippen LogP contribution >= 0.6 is 0 Å². The van der Waals surface area contributed by atoms with Gasteiger partial charge in [0.2, 0.25) is 0 Å². The van der Waals surface area contributed by atoms with E-state index in [4.69, 9.17) is 9.84 Å². The second kappa shape index (κ2) is 6.72. The van der Waals surface area contributed by atoms with Crippen molar-refractivity contribution in [3.8, 4) is 0 Å². The molecular weight excluding hydrogens is 252 g/mol. The zero-order valence-electron chi connectivity index (χ0n) is 11.3. The molecule has 1 heterocycles. The van der Waals surface area contributed by atoms with Crippen molar-refractivity contribution in [2.24, 2.45) is 5.92 Å². The van der Waals surface area contributed by atoms with E-state index in [0.717, 1.165) is 19.8 Å². The highest BCUT2D eigenvalue weighted by molar-refractivity contribution is 5.79. The third-order valence-corrected chi connectivity index (χ3v) is 3.33. The number of hydrogen-bond acceptors (Lipinski definition) is 4. The summed E-state index contributed by atoms with van der Waals surface area (Å²) in [5.41, 5.74) is -1.96. The second-order valence-corrected chi connectivity index (χ2v) is 5.01. The quantitative estimate of drug-likeness (QED) is 0.542. The number of rotatable bonds is 6. The first-order chi connectivity index (χ1) is 8.86. The van der Waals surface area contributed by atoms with E-state index in [1.807, 2.05) is 6.92 Å². The molecule has 3 atom stereocenters. The Morgan fingerprint density at radius 1 is 1.42 bits per heavy atom. The van der Waals surface area contributed by atoms with Gasteiger partial charge in [-0.25, -0.2) is 9.59 Å². The minimum atomic E-state index is -1.96. The summed E-state index contributed by atoms with van der Waals surface area (Å²) >= 11 is 0. The summed E-state index contributed by atoms with van der Waals surface area (Å²) in [5, 5.41) is 23.1. The molecule has 19 heavy (non-hydrogen) atoms. The monoisotopic (exact) mass is 274 g/mol. The minimum absolute atomic E-state index is 0.169. The Morgan fingerprint density at radius 2 is 2.11 bits per heavy atom. The smallest absolute Gasteiger partial charge is 0.337 e. The van der Waals surface area contributed by atoms with Crippen LogP contribution in [0.2, 0.25) is 0 Å². The Bertz CT molecular complexity index is 332. The first-order valence-corrected chi connectivity index (χ1v) is 6.46. The van der Waals surface area contributed by atoms with Crippen molar-refractivity contribution in [2.75, 3.05) is 19.7 Å². The molecule has 1 aliphatic heterocycles. The highest BCUT2D eigenvalue weighted by Crippen LogP contribution is 2.22. The van der Waals surface area contributed by atoms with Crippen LogP contribution in [-0.4, -0.2) is 53.6 Å².